The van der Waals surface area contributed by atoms with Crippen LogP contribution in [0, 0.1) is 5.92 Å². The third-order valence-corrected chi connectivity index (χ3v) is 1.70. The van der Waals surface area contributed by atoms with Crippen molar-refractivity contribution in [3.8, 4) is 0 Å². The number of carbonyl (C=O) groups excluding carboxylic acids is 2. The van der Waals surface area contributed by atoms with Crippen LogP contribution in [-0.2, 0) is 14.4 Å². The average molecular weight is 213 g/mol. The van der Waals surface area contributed by atoms with E-state index in [0.29, 0.717) is 6.19 Å². The SMILES string of the molecule is CC(C)[C@H](NC(=O)CN[B]C=O)C(=O)O. The molecule has 0 aliphatic carbocycles. The summed E-state index contributed by atoms with van der Waals surface area (Å²) >= 11 is 0. The molecule has 0 aliphatic heterocycles. The minimum absolute atomic E-state index is 0.116. The van der Waals surface area contributed by atoms with E-state index in [2.05, 4.69) is 10.5 Å². The number of nitrogens with one attached hydrogen (secondary N) is 2. The smallest absolute Gasteiger partial charge is 0.326 e. The van der Waals surface area contributed by atoms with Gasteiger partial charge in [0, 0.05) is 0 Å². The lowest BCUT2D eigenvalue weighted by Crippen LogP contribution is -2.47. The van der Waals surface area contributed by atoms with Crippen molar-refractivity contribution in [3.63, 3.8) is 0 Å². The Morgan fingerprint density at radius 3 is 2.47 bits per heavy atom. The van der Waals surface area contributed by atoms with Crippen LogP contribution in [-0.4, -0.2) is 43.2 Å². The van der Waals surface area contributed by atoms with E-state index in [1.807, 2.05) is 0 Å². The van der Waals surface area contributed by atoms with Crippen molar-refractivity contribution in [1.29, 1.82) is 0 Å². The summed E-state index contributed by atoms with van der Waals surface area (Å²) in [6.45, 7) is 3.28. The van der Waals surface area contributed by atoms with Crippen molar-refractivity contribution in [2.45, 2.75) is 19.9 Å². The molecule has 0 aromatic heterocycles. The maximum absolute atomic E-state index is 11.2. The van der Waals surface area contributed by atoms with Gasteiger partial charge in [0.2, 0.25) is 5.91 Å². The molecule has 0 saturated heterocycles. The standard InChI is InChI=1S/C8H14BN2O4/c1-5(2)7(8(14)15)11-6(13)3-10-9-4-12/h4-5,7,10H,3H2,1-2H3,(H,11,13)(H,14,15)/t7-/m0/s1. The van der Waals surface area contributed by atoms with E-state index in [4.69, 9.17) is 5.11 Å². The summed E-state index contributed by atoms with van der Waals surface area (Å²) in [5.41, 5.74) is 0. The van der Waals surface area contributed by atoms with Crippen molar-refractivity contribution in [2.24, 2.45) is 5.92 Å². The van der Waals surface area contributed by atoms with Gasteiger partial charge in [-0.3, -0.25) is 4.79 Å². The molecule has 1 radical (unpaired) electrons. The highest BCUT2D eigenvalue weighted by Gasteiger charge is 2.22. The van der Waals surface area contributed by atoms with Crippen LogP contribution in [0.4, 0.5) is 0 Å². The van der Waals surface area contributed by atoms with Crippen LogP contribution in [0.25, 0.3) is 0 Å². The molecule has 0 unspecified atom stereocenters. The molecule has 0 heterocycles. The highest BCUT2D eigenvalue weighted by Crippen LogP contribution is 2.00. The van der Waals surface area contributed by atoms with Crippen molar-refractivity contribution in [2.75, 3.05) is 6.54 Å². The summed E-state index contributed by atoms with van der Waals surface area (Å²) in [7, 11) is 1.07. The van der Waals surface area contributed by atoms with Crippen LogP contribution in [0.3, 0.4) is 0 Å². The lowest BCUT2D eigenvalue weighted by atomic mass is 9.99. The molecule has 15 heavy (non-hydrogen) atoms. The predicted molar refractivity (Wildman–Crippen MR) is 54.9 cm³/mol. The van der Waals surface area contributed by atoms with Gasteiger partial charge in [0.05, 0.1) is 12.7 Å². The van der Waals surface area contributed by atoms with Crippen molar-refractivity contribution in [3.05, 3.63) is 0 Å². The Kier molecular flexibility index (Phi) is 6.36. The topological polar surface area (TPSA) is 95.5 Å². The first-order valence-corrected chi connectivity index (χ1v) is 4.51. The monoisotopic (exact) mass is 213 g/mol. The number of hydrogen-bond donors (Lipinski definition) is 3. The van der Waals surface area contributed by atoms with Crippen LogP contribution >= 0.6 is 0 Å². The summed E-state index contributed by atoms with van der Waals surface area (Å²) in [5, 5.41) is 13.5. The van der Waals surface area contributed by atoms with Gasteiger partial charge in [0.25, 0.3) is 7.41 Å². The van der Waals surface area contributed by atoms with Gasteiger partial charge in [-0.05, 0) is 5.92 Å². The van der Waals surface area contributed by atoms with Gasteiger partial charge < -0.3 is 20.4 Å². The Morgan fingerprint density at radius 2 is 2.07 bits per heavy atom. The maximum Gasteiger partial charge on any atom is 0.326 e. The Labute approximate surface area is 88.7 Å². The van der Waals surface area contributed by atoms with Gasteiger partial charge in [-0.25, -0.2) is 4.79 Å². The molecule has 6 nitrogen and oxygen atoms in total. The normalized spacial score (nSPS) is 11.9. The van der Waals surface area contributed by atoms with E-state index in [1.165, 1.54) is 0 Å². The Balaban J connectivity index is 4.00. The van der Waals surface area contributed by atoms with Crippen molar-refractivity contribution in [1.82, 2.24) is 10.5 Å². The second-order valence-electron chi connectivity index (χ2n) is 3.31. The quantitative estimate of drug-likeness (QED) is 0.275. The van der Waals surface area contributed by atoms with E-state index in [9.17, 15) is 14.4 Å². The fourth-order valence-corrected chi connectivity index (χ4v) is 0.938. The number of amides is 1. The van der Waals surface area contributed by atoms with Gasteiger partial charge in [0.15, 0.2) is 0 Å². The molecule has 0 aromatic carbocycles. The third-order valence-electron chi connectivity index (χ3n) is 1.70. The molecule has 7 heteroatoms. The fraction of sp³-hybridized carbons (Fsp3) is 0.625. The molecule has 1 atom stereocenters. The number of carboxylic acids is 1. The first kappa shape index (κ1) is 13.6. The maximum atomic E-state index is 11.2. The molecule has 0 saturated carbocycles. The summed E-state index contributed by atoms with van der Waals surface area (Å²) in [5.74, 6) is -1.73. The van der Waals surface area contributed by atoms with Crippen molar-refractivity contribution < 1.29 is 19.5 Å². The number of carboxylic acid groups (broad SMARTS) is 1. The zero-order valence-corrected chi connectivity index (χ0v) is 8.69. The minimum Gasteiger partial charge on any atom is -0.480 e. The van der Waals surface area contributed by atoms with Crippen LogP contribution in [0.1, 0.15) is 13.8 Å². The Morgan fingerprint density at radius 1 is 1.47 bits per heavy atom. The van der Waals surface area contributed by atoms with Crippen LogP contribution in [0.2, 0.25) is 0 Å². The lowest BCUT2D eigenvalue weighted by molar-refractivity contribution is -0.142. The molecule has 3 N–H and O–H groups in total. The van der Waals surface area contributed by atoms with Crippen LogP contribution < -0.4 is 10.5 Å². The summed E-state index contributed by atoms with van der Waals surface area (Å²) in [6, 6.07) is -0.907. The van der Waals surface area contributed by atoms with Gasteiger partial charge >= 0.3 is 5.97 Å². The molecule has 0 aliphatic rings. The van der Waals surface area contributed by atoms with E-state index in [1.54, 1.807) is 13.8 Å². The zero-order chi connectivity index (χ0) is 11.8. The second kappa shape index (κ2) is 7.00. The minimum atomic E-state index is -1.07. The molecule has 0 fully saturated rings. The highest BCUT2D eigenvalue weighted by atomic mass is 16.4. The molecule has 0 aromatic rings. The van der Waals surface area contributed by atoms with E-state index in [0.717, 1.165) is 7.41 Å². The van der Waals surface area contributed by atoms with Gasteiger partial charge in [-0.2, -0.15) is 0 Å². The van der Waals surface area contributed by atoms with E-state index in [-0.39, 0.29) is 12.5 Å². The molecule has 0 rings (SSSR count). The third kappa shape index (κ3) is 5.85. The first-order chi connectivity index (χ1) is 6.99. The number of hydrogen-bond acceptors (Lipinski definition) is 4. The average Bonchev–Trinajstić information content (AvgIpc) is 2.13. The first-order valence-electron chi connectivity index (χ1n) is 4.51. The second-order valence-corrected chi connectivity index (χ2v) is 3.31. The largest absolute Gasteiger partial charge is 0.480 e. The zero-order valence-electron chi connectivity index (χ0n) is 8.69. The Bertz CT molecular complexity index is 245. The molecule has 1 amide bonds. The van der Waals surface area contributed by atoms with Crippen molar-refractivity contribution >= 4 is 25.5 Å². The fourth-order valence-electron chi connectivity index (χ4n) is 0.938. The van der Waals surface area contributed by atoms with Gasteiger partial charge in [-0.15, -0.1) is 0 Å². The molecular formula is C8H14BN2O4. The van der Waals surface area contributed by atoms with Crippen LogP contribution in [0.15, 0.2) is 0 Å². The summed E-state index contributed by atoms with van der Waals surface area (Å²) < 4.78 is 0. The summed E-state index contributed by atoms with van der Waals surface area (Å²) in [4.78, 5) is 31.8. The summed E-state index contributed by atoms with van der Waals surface area (Å²) in [6.07, 6.45) is 0.504. The number of rotatable bonds is 7. The highest BCUT2D eigenvalue weighted by molar-refractivity contribution is 6.64. The van der Waals surface area contributed by atoms with Gasteiger partial charge in [0.1, 0.15) is 6.04 Å². The lowest BCUT2D eigenvalue weighted by Gasteiger charge is -2.17. The Hall–Kier alpha value is -1.37. The molecule has 83 valence electrons. The predicted octanol–water partition coefficient (Wildman–Crippen LogP) is -1.39. The number of aliphatic carboxylic acids is 1. The number of carbonyl (C=O) groups is 3. The van der Waals surface area contributed by atoms with E-state index >= 15 is 0 Å². The van der Waals surface area contributed by atoms with E-state index < -0.39 is 17.9 Å². The molecule has 0 spiro atoms. The van der Waals surface area contributed by atoms with Gasteiger partial charge in [-0.1, -0.05) is 13.8 Å². The van der Waals surface area contributed by atoms with Crippen LogP contribution in [0.5, 0.6) is 0 Å². The molecular weight excluding hydrogens is 199 g/mol. The molecule has 0 bridgehead atoms.